The van der Waals surface area contributed by atoms with Crippen molar-refractivity contribution in [2.75, 3.05) is 5.73 Å². The average molecular weight is 345 g/mol. The third-order valence-electron chi connectivity index (χ3n) is 5.23. The number of rotatable bonds is 2. The summed E-state index contributed by atoms with van der Waals surface area (Å²) in [6.07, 6.45) is 0. The van der Waals surface area contributed by atoms with Crippen LogP contribution in [0, 0.1) is 0 Å². The Morgan fingerprint density at radius 3 is 1.56 bits per heavy atom. The zero-order valence-corrected chi connectivity index (χ0v) is 14.9. The van der Waals surface area contributed by atoms with E-state index in [1.807, 2.05) is 12.1 Å². The molecule has 2 N–H and O–H groups in total. The molecular formula is C26H19N. The highest BCUT2D eigenvalue weighted by Gasteiger charge is 2.27. The smallest absolute Gasteiger partial charge is 0.0394 e. The number of hydrogen-bond donors (Lipinski definition) is 1. The van der Waals surface area contributed by atoms with Gasteiger partial charge in [-0.05, 0) is 45.0 Å². The summed E-state index contributed by atoms with van der Waals surface area (Å²) in [4.78, 5) is 0. The zero-order valence-electron chi connectivity index (χ0n) is 14.9. The van der Waals surface area contributed by atoms with Crippen LogP contribution < -0.4 is 5.73 Å². The summed E-state index contributed by atoms with van der Waals surface area (Å²) < 4.78 is 0. The van der Waals surface area contributed by atoms with Crippen LogP contribution in [0.4, 0.5) is 5.69 Å². The van der Waals surface area contributed by atoms with Crippen molar-refractivity contribution in [3.8, 4) is 11.1 Å². The first-order valence-electron chi connectivity index (χ1n) is 9.18. The Hall–Kier alpha value is -3.58. The lowest BCUT2D eigenvalue weighted by atomic mass is 9.87. The molecule has 0 spiro atoms. The van der Waals surface area contributed by atoms with E-state index in [1.54, 1.807) is 0 Å². The van der Waals surface area contributed by atoms with E-state index in [1.165, 1.54) is 39.0 Å². The topological polar surface area (TPSA) is 26.0 Å². The van der Waals surface area contributed by atoms with Crippen LogP contribution >= 0.6 is 0 Å². The summed E-state index contributed by atoms with van der Waals surface area (Å²) in [5, 5.41) is 0. The summed E-state index contributed by atoms with van der Waals surface area (Å²) in [7, 11) is 0. The van der Waals surface area contributed by atoms with Crippen molar-refractivity contribution in [2.24, 2.45) is 0 Å². The Morgan fingerprint density at radius 2 is 0.963 bits per heavy atom. The number of benzene rings is 4. The minimum Gasteiger partial charge on any atom is -0.398 e. The molecule has 0 atom stereocenters. The van der Waals surface area contributed by atoms with Crippen molar-refractivity contribution in [1.29, 1.82) is 0 Å². The number of nitrogens with two attached hydrogens (primary N) is 1. The van der Waals surface area contributed by atoms with Crippen molar-refractivity contribution in [3.63, 3.8) is 0 Å². The molecule has 0 radical (unpaired) electrons. The van der Waals surface area contributed by atoms with E-state index < -0.39 is 0 Å². The summed E-state index contributed by atoms with van der Waals surface area (Å²) in [6, 6.07) is 36.0. The van der Waals surface area contributed by atoms with Crippen molar-refractivity contribution in [2.45, 2.75) is 0 Å². The third kappa shape index (κ3) is 2.48. The van der Waals surface area contributed by atoms with Crippen LogP contribution in [-0.2, 0) is 0 Å². The molecule has 1 aliphatic carbocycles. The SMILES string of the molecule is Nc1ccccc1C(=C1c2ccccc2-c2ccccc21)c1ccccc1. The molecule has 0 unspecified atom stereocenters. The Balaban J connectivity index is 1.95. The number of nitrogen functional groups attached to an aromatic ring is 1. The highest BCUT2D eigenvalue weighted by molar-refractivity contribution is 6.14. The molecule has 1 heteroatoms. The molecule has 0 aromatic heterocycles. The second-order valence-electron chi connectivity index (χ2n) is 6.79. The van der Waals surface area contributed by atoms with Crippen LogP contribution in [0.15, 0.2) is 103 Å². The Morgan fingerprint density at radius 1 is 0.481 bits per heavy atom. The molecule has 0 bridgehead atoms. The Labute approximate surface area is 159 Å². The minimum atomic E-state index is 0.797. The number of fused-ring (bicyclic) bond motifs is 3. The first kappa shape index (κ1) is 15.7. The van der Waals surface area contributed by atoms with Gasteiger partial charge in [0.05, 0.1) is 0 Å². The average Bonchev–Trinajstić information content (AvgIpc) is 3.05. The first-order chi connectivity index (χ1) is 13.3. The molecule has 5 rings (SSSR count). The highest BCUT2D eigenvalue weighted by Crippen LogP contribution is 2.49. The number of hydrogen-bond acceptors (Lipinski definition) is 1. The summed E-state index contributed by atoms with van der Waals surface area (Å²) in [6.45, 7) is 0. The van der Waals surface area contributed by atoms with Crippen LogP contribution in [0.3, 0.4) is 0 Å². The van der Waals surface area contributed by atoms with Gasteiger partial charge in [-0.1, -0.05) is 97.1 Å². The summed E-state index contributed by atoms with van der Waals surface area (Å²) >= 11 is 0. The largest absolute Gasteiger partial charge is 0.398 e. The summed E-state index contributed by atoms with van der Waals surface area (Å²) in [5.41, 5.74) is 17.0. The van der Waals surface area contributed by atoms with Crippen molar-refractivity contribution in [3.05, 3.63) is 125 Å². The molecular weight excluding hydrogens is 326 g/mol. The van der Waals surface area contributed by atoms with Gasteiger partial charge in [0, 0.05) is 11.3 Å². The molecule has 1 nitrogen and oxygen atoms in total. The maximum Gasteiger partial charge on any atom is 0.0394 e. The summed E-state index contributed by atoms with van der Waals surface area (Å²) in [5.74, 6) is 0. The zero-order chi connectivity index (χ0) is 18.2. The molecule has 1 aliphatic rings. The van der Waals surface area contributed by atoms with Gasteiger partial charge in [-0.3, -0.25) is 0 Å². The molecule has 0 heterocycles. The minimum absolute atomic E-state index is 0.797. The van der Waals surface area contributed by atoms with Gasteiger partial charge in [0.25, 0.3) is 0 Å². The lowest BCUT2D eigenvalue weighted by Crippen LogP contribution is -1.98. The molecule has 0 fully saturated rings. The van der Waals surface area contributed by atoms with E-state index >= 15 is 0 Å². The van der Waals surface area contributed by atoms with Gasteiger partial charge in [-0.2, -0.15) is 0 Å². The van der Waals surface area contributed by atoms with Gasteiger partial charge in [0.2, 0.25) is 0 Å². The lowest BCUT2D eigenvalue weighted by molar-refractivity contribution is 1.53. The fourth-order valence-corrected chi connectivity index (χ4v) is 4.05. The monoisotopic (exact) mass is 345 g/mol. The standard InChI is InChI=1S/C26H19N/c27-24-17-9-8-16-23(24)25(18-10-2-1-3-11-18)26-21-14-6-4-12-19(21)20-13-5-7-15-22(20)26/h1-17H,27H2. The van der Waals surface area contributed by atoms with Crippen LogP contribution in [0.1, 0.15) is 22.3 Å². The fourth-order valence-electron chi connectivity index (χ4n) is 4.05. The maximum atomic E-state index is 6.43. The fraction of sp³-hybridized carbons (Fsp3) is 0. The van der Waals surface area contributed by atoms with E-state index in [9.17, 15) is 0 Å². The maximum absolute atomic E-state index is 6.43. The van der Waals surface area contributed by atoms with Gasteiger partial charge >= 0.3 is 0 Å². The van der Waals surface area contributed by atoms with Crippen LogP contribution in [0.2, 0.25) is 0 Å². The van der Waals surface area contributed by atoms with Gasteiger partial charge in [-0.15, -0.1) is 0 Å². The van der Waals surface area contributed by atoms with E-state index in [2.05, 4.69) is 91.0 Å². The quantitative estimate of drug-likeness (QED) is 0.376. The normalized spacial score (nSPS) is 11.8. The second kappa shape index (κ2) is 6.30. The van der Waals surface area contributed by atoms with E-state index in [4.69, 9.17) is 5.73 Å². The predicted molar refractivity (Wildman–Crippen MR) is 114 cm³/mol. The van der Waals surface area contributed by atoms with Crippen molar-refractivity contribution < 1.29 is 0 Å². The van der Waals surface area contributed by atoms with E-state index in [0.29, 0.717) is 0 Å². The van der Waals surface area contributed by atoms with Gasteiger partial charge < -0.3 is 5.73 Å². The van der Waals surface area contributed by atoms with Crippen molar-refractivity contribution >= 4 is 16.8 Å². The Bertz CT molecular complexity index is 1120. The molecule has 0 aliphatic heterocycles. The third-order valence-corrected chi connectivity index (χ3v) is 5.23. The van der Waals surface area contributed by atoms with Gasteiger partial charge in [0.1, 0.15) is 0 Å². The molecule has 128 valence electrons. The molecule has 4 aromatic carbocycles. The van der Waals surface area contributed by atoms with Crippen LogP contribution in [-0.4, -0.2) is 0 Å². The number of para-hydroxylation sites is 1. The molecule has 4 aromatic rings. The van der Waals surface area contributed by atoms with Gasteiger partial charge in [-0.25, -0.2) is 0 Å². The first-order valence-corrected chi connectivity index (χ1v) is 9.18. The molecule has 0 saturated heterocycles. The van der Waals surface area contributed by atoms with E-state index in [-0.39, 0.29) is 0 Å². The van der Waals surface area contributed by atoms with E-state index in [0.717, 1.165) is 11.3 Å². The van der Waals surface area contributed by atoms with Crippen LogP contribution in [0.25, 0.3) is 22.3 Å². The number of anilines is 1. The van der Waals surface area contributed by atoms with Gasteiger partial charge in [0.15, 0.2) is 0 Å². The molecule has 0 saturated carbocycles. The van der Waals surface area contributed by atoms with Crippen LogP contribution in [0.5, 0.6) is 0 Å². The lowest BCUT2D eigenvalue weighted by Gasteiger charge is -2.16. The second-order valence-corrected chi connectivity index (χ2v) is 6.79. The Kier molecular flexibility index (Phi) is 3.65. The molecule has 0 amide bonds. The molecule has 27 heavy (non-hydrogen) atoms. The highest BCUT2D eigenvalue weighted by atomic mass is 14.6. The predicted octanol–water partition coefficient (Wildman–Crippen LogP) is 6.26. The van der Waals surface area contributed by atoms with Crippen molar-refractivity contribution in [1.82, 2.24) is 0 Å².